The fourth-order valence-electron chi connectivity index (χ4n) is 5.72. The molecule has 1 N–H and O–H groups in total. The number of aliphatic hydroxyl groups is 1. The molecule has 5 nitrogen and oxygen atoms in total. The van der Waals surface area contributed by atoms with Crippen LogP contribution < -0.4 is 4.90 Å². The van der Waals surface area contributed by atoms with E-state index >= 15 is 4.39 Å². The maximum absolute atomic E-state index is 15.8. The second-order valence-electron chi connectivity index (χ2n) is 10.7. The lowest BCUT2D eigenvalue weighted by Crippen LogP contribution is -2.69. The van der Waals surface area contributed by atoms with Crippen molar-refractivity contribution in [2.75, 3.05) is 4.90 Å². The Kier molecular flexibility index (Phi) is 4.98. The molecule has 0 saturated heterocycles. The van der Waals surface area contributed by atoms with Crippen molar-refractivity contribution in [3.63, 3.8) is 0 Å². The summed E-state index contributed by atoms with van der Waals surface area (Å²) in [6.07, 6.45) is 0. The van der Waals surface area contributed by atoms with Gasteiger partial charge in [0.2, 0.25) is 0 Å². The Labute approximate surface area is 204 Å². The van der Waals surface area contributed by atoms with Crippen LogP contribution in [0.3, 0.4) is 0 Å². The molecule has 1 spiro atoms. The number of rotatable bonds is 2. The molecule has 3 aromatic rings. The van der Waals surface area contributed by atoms with E-state index in [0.29, 0.717) is 16.8 Å². The molecule has 0 aliphatic carbocycles. The second kappa shape index (κ2) is 7.49. The highest BCUT2D eigenvalue weighted by Crippen LogP contribution is 2.59. The summed E-state index contributed by atoms with van der Waals surface area (Å²) in [7, 11) is 0. The molecule has 0 saturated carbocycles. The first-order valence-corrected chi connectivity index (χ1v) is 11.8. The van der Waals surface area contributed by atoms with Gasteiger partial charge in [-0.25, -0.2) is 4.39 Å². The number of benzene rings is 3. The van der Waals surface area contributed by atoms with Gasteiger partial charge in [0.1, 0.15) is 11.4 Å². The average Bonchev–Trinajstić information content (AvgIpc) is 3.08. The van der Waals surface area contributed by atoms with Gasteiger partial charge in [0.05, 0.1) is 11.3 Å². The summed E-state index contributed by atoms with van der Waals surface area (Å²) in [5, 5.41) is 12.3. The van der Waals surface area contributed by atoms with Gasteiger partial charge < -0.3 is 14.9 Å². The molecule has 2 heterocycles. The standard InChI is InChI=1S/C29H29FN2O3/c1-18-13-15-19(16-14-18)17-31-25(33)20-9-6-7-10-21(20)28(5,35)29(31)24-22(30)11-8-12-23(24)32(26(29)34)27(2,3)4/h6-16,35H,17H2,1-5H3/t28-,29+/m0/s1. The minimum Gasteiger partial charge on any atom is -0.382 e. The molecule has 3 aromatic carbocycles. The Morgan fingerprint density at radius 3 is 2.26 bits per heavy atom. The van der Waals surface area contributed by atoms with Gasteiger partial charge in [-0.05, 0) is 63.9 Å². The van der Waals surface area contributed by atoms with Crippen LogP contribution in [0.4, 0.5) is 10.1 Å². The van der Waals surface area contributed by atoms with Crippen molar-refractivity contribution in [2.24, 2.45) is 0 Å². The smallest absolute Gasteiger partial charge is 0.261 e. The first-order valence-electron chi connectivity index (χ1n) is 11.8. The fourth-order valence-corrected chi connectivity index (χ4v) is 5.72. The predicted molar refractivity (Wildman–Crippen MR) is 132 cm³/mol. The highest BCUT2D eigenvalue weighted by Gasteiger charge is 2.70. The van der Waals surface area contributed by atoms with Crippen molar-refractivity contribution >= 4 is 17.5 Å². The lowest BCUT2D eigenvalue weighted by molar-refractivity contribution is -0.155. The van der Waals surface area contributed by atoms with E-state index in [2.05, 4.69) is 0 Å². The Bertz CT molecular complexity index is 1360. The number of amides is 2. The molecule has 0 radical (unpaired) electrons. The van der Waals surface area contributed by atoms with Gasteiger partial charge in [0.15, 0.2) is 5.54 Å². The summed E-state index contributed by atoms with van der Waals surface area (Å²) in [5.74, 6) is -1.58. The normalized spacial score (nSPS) is 23.6. The van der Waals surface area contributed by atoms with Crippen LogP contribution in [-0.4, -0.2) is 27.4 Å². The second-order valence-corrected chi connectivity index (χ2v) is 10.7. The number of nitrogens with zero attached hydrogens (tertiary/aromatic N) is 2. The summed E-state index contributed by atoms with van der Waals surface area (Å²) in [6.45, 7) is 9.08. The molecule has 5 rings (SSSR count). The summed E-state index contributed by atoms with van der Waals surface area (Å²) >= 11 is 0. The first-order chi connectivity index (χ1) is 16.4. The third-order valence-corrected chi connectivity index (χ3v) is 7.28. The van der Waals surface area contributed by atoms with Crippen LogP contribution in [0.1, 0.15) is 60.3 Å². The number of fused-ring (bicyclic) bond motifs is 3. The fraction of sp³-hybridized carbons (Fsp3) is 0.310. The highest BCUT2D eigenvalue weighted by atomic mass is 19.1. The average molecular weight is 473 g/mol. The molecule has 2 aliphatic rings. The lowest BCUT2D eigenvalue weighted by atomic mass is 9.66. The maximum atomic E-state index is 15.8. The molecular weight excluding hydrogens is 443 g/mol. The molecule has 0 bridgehead atoms. The van der Waals surface area contributed by atoms with Crippen molar-refractivity contribution in [3.8, 4) is 0 Å². The summed E-state index contributed by atoms with van der Waals surface area (Å²) in [4.78, 5) is 31.5. The molecule has 2 aliphatic heterocycles. The van der Waals surface area contributed by atoms with E-state index in [1.807, 2.05) is 52.0 Å². The van der Waals surface area contributed by atoms with E-state index in [9.17, 15) is 14.7 Å². The molecule has 35 heavy (non-hydrogen) atoms. The Morgan fingerprint density at radius 2 is 1.60 bits per heavy atom. The lowest BCUT2D eigenvalue weighted by Gasteiger charge is -2.53. The van der Waals surface area contributed by atoms with Crippen LogP contribution in [0.2, 0.25) is 0 Å². The van der Waals surface area contributed by atoms with E-state index < -0.39 is 34.3 Å². The van der Waals surface area contributed by atoms with Crippen LogP contribution >= 0.6 is 0 Å². The summed E-state index contributed by atoms with van der Waals surface area (Å²) in [5.41, 5.74) is -1.79. The largest absolute Gasteiger partial charge is 0.382 e. The monoisotopic (exact) mass is 472 g/mol. The van der Waals surface area contributed by atoms with Crippen LogP contribution in [0, 0.1) is 12.7 Å². The number of hydrogen-bond donors (Lipinski definition) is 1. The zero-order valence-electron chi connectivity index (χ0n) is 20.6. The minimum atomic E-state index is -1.99. The third kappa shape index (κ3) is 3.02. The molecular formula is C29H29FN2O3. The number of carbonyl (C=O) groups excluding carboxylic acids is 2. The molecule has 2 atom stereocenters. The molecule has 2 amide bonds. The third-order valence-electron chi connectivity index (χ3n) is 7.28. The molecule has 0 fully saturated rings. The number of hydrogen-bond acceptors (Lipinski definition) is 3. The van der Waals surface area contributed by atoms with Gasteiger partial charge in [-0.3, -0.25) is 9.59 Å². The topological polar surface area (TPSA) is 60.9 Å². The Balaban J connectivity index is 1.88. The van der Waals surface area contributed by atoms with E-state index in [4.69, 9.17) is 0 Å². The van der Waals surface area contributed by atoms with Crippen molar-refractivity contribution in [1.29, 1.82) is 0 Å². The Morgan fingerprint density at radius 1 is 0.943 bits per heavy atom. The molecule has 0 unspecified atom stereocenters. The van der Waals surface area contributed by atoms with Crippen molar-refractivity contribution in [1.82, 2.24) is 4.90 Å². The predicted octanol–water partition coefficient (Wildman–Crippen LogP) is 5.04. The van der Waals surface area contributed by atoms with E-state index in [1.165, 1.54) is 22.8 Å². The van der Waals surface area contributed by atoms with Crippen LogP contribution in [0.25, 0.3) is 0 Å². The van der Waals surface area contributed by atoms with Gasteiger partial charge in [0.25, 0.3) is 11.8 Å². The minimum absolute atomic E-state index is 0.0277. The quantitative estimate of drug-likeness (QED) is 0.569. The first kappa shape index (κ1) is 23.2. The SMILES string of the molecule is Cc1ccc(CN2C(=O)c3ccccc3[C@](C)(O)[C@@]23C(=O)N(C(C)(C)C)c2cccc(F)c23)cc1. The van der Waals surface area contributed by atoms with Gasteiger partial charge in [-0.15, -0.1) is 0 Å². The Hall–Kier alpha value is -3.51. The van der Waals surface area contributed by atoms with E-state index in [0.717, 1.165) is 11.1 Å². The summed E-state index contributed by atoms with van der Waals surface area (Å²) in [6, 6.07) is 18.9. The zero-order chi connectivity index (χ0) is 25.3. The van der Waals surface area contributed by atoms with Crippen molar-refractivity contribution in [3.05, 3.63) is 100 Å². The van der Waals surface area contributed by atoms with Crippen LogP contribution in [-0.2, 0) is 22.5 Å². The number of anilines is 1. The molecule has 180 valence electrons. The maximum Gasteiger partial charge on any atom is 0.261 e. The summed E-state index contributed by atoms with van der Waals surface area (Å²) < 4.78 is 15.8. The zero-order valence-corrected chi connectivity index (χ0v) is 20.6. The number of carbonyl (C=O) groups is 2. The number of halogens is 1. The van der Waals surface area contributed by atoms with Gasteiger partial charge in [0, 0.05) is 17.6 Å². The molecule has 6 heteroatoms. The van der Waals surface area contributed by atoms with E-state index in [-0.39, 0.29) is 12.1 Å². The molecule has 0 aromatic heterocycles. The van der Waals surface area contributed by atoms with Gasteiger partial charge in [-0.1, -0.05) is 54.1 Å². The van der Waals surface area contributed by atoms with Gasteiger partial charge >= 0.3 is 0 Å². The van der Waals surface area contributed by atoms with Crippen molar-refractivity contribution in [2.45, 2.75) is 57.8 Å². The van der Waals surface area contributed by atoms with Crippen LogP contribution in [0.5, 0.6) is 0 Å². The number of aryl methyl sites for hydroxylation is 1. The highest BCUT2D eigenvalue weighted by molar-refractivity contribution is 6.14. The van der Waals surface area contributed by atoms with Crippen molar-refractivity contribution < 1.29 is 19.1 Å². The van der Waals surface area contributed by atoms with Gasteiger partial charge in [-0.2, -0.15) is 0 Å². The van der Waals surface area contributed by atoms with E-state index in [1.54, 1.807) is 36.4 Å². The van der Waals surface area contributed by atoms with Crippen LogP contribution in [0.15, 0.2) is 66.7 Å².